The van der Waals surface area contributed by atoms with Crippen LogP contribution in [0.3, 0.4) is 0 Å². The fourth-order valence-corrected chi connectivity index (χ4v) is 3.82. The van der Waals surface area contributed by atoms with Gasteiger partial charge in [-0.3, -0.25) is 0 Å². The van der Waals surface area contributed by atoms with Crippen LogP contribution >= 0.6 is 0 Å². The molecule has 0 aliphatic carbocycles. The van der Waals surface area contributed by atoms with Crippen LogP contribution in [0, 0.1) is 11.3 Å². The number of aliphatic hydroxyl groups is 3. The Morgan fingerprint density at radius 3 is 1.34 bits per heavy atom. The number of ether oxygens (including phenoxy) is 1. The molecule has 29 heavy (non-hydrogen) atoms. The van der Waals surface area contributed by atoms with Crippen molar-refractivity contribution >= 4 is 0 Å². The van der Waals surface area contributed by atoms with Gasteiger partial charge in [0.2, 0.25) is 0 Å². The standard InChI is InChI=1S/C25H52O4/c1-3-5-7-9-11-13-15-17-24(18-16-14-12-10-8-6-4-2)19-29-23-25(20-26,21-27)22-28/h24,26-28H,3-23H2,1-2H3. The molecule has 0 spiro atoms. The van der Waals surface area contributed by atoms with E-state index in [9.17, 15) is 15.3 Å². The van der Waals surface area contributed by atoms with E-state index in [4.69, 9.17) is 4.74 Å². The summed E-state index contributed by atoms with van der Waals surface area (Å²) in [5.41, 5.74) is -0.914. The minimum atomic E-state index is -0.914. The second-order valence-corrected chi connectivity index (χ2v) is 9.18. The molecule has 0 saturated heterocycles. The second-order valence-electron chi connectivity index (χ2n) is 9.18. The van der Waals surface area contributed by atoms with Crippen molar-refractivity contribution in [3.05, 3.63) is 0 Å². The number of rotatable bonds is 23. The molecule has 0 heterocycles. The monoisotopic (exact) mass is 416 g/mol. The average molecular weight is 417 g/mol. The van der Waals surface area contributed by atoms with E-state index in [2.05, 4.69) is 13.8 Å². The first-order chi connectivity index (χ1) is 14.2. The van der Waals surface area contributed by atoms with Crippen LogP contribution in [0.2, 0.25) is 0 Å². The third-order valence-electron chi connectivity index (χ3n) is 6.20. The Hall–Kier alpha value is -0.160. The van der Waals surface area contributed by atoms with E-state index >= 15 is 0 Å². The van der Waals surface area contributed by atoms with E-state index in [1.807, 2.05) is 0 Å². The van der Waals surface area contributed by atoms with Crippen LogP contribution in [-0.2, 0) is 4.74 Å². The number of aliphatic hydroxyl groups excluding tert-OH is 3. The van der Waals surface area contributed by atoms with Crippen LogP contribution in [0.4, 0.5) is 0 Å². The zero-order chi connectivity index (χ0) is 21.6. The van der Waals surface area contributed by atoms with E-state index < -0.39 is 5.41 Å². The quantitative estimate of drug-likeness (QED) is 0.182. The maximum atomic E-state index is 9.47. The lowest BCUT2D eigenvalue weighted by atomic mass is 9.92. The summed E-state index contributed by atoms with van der Waals surface area (Å²) in [6.45, 7) is 4.66. The van der Waals surface area contributed by atoms with Crippen molar-refractivity contribution < 1.29 is 20.1 Å². The highest BCUT2D eigenvalue weighted by Gasteiger charge is 2.28. The number of unbranched alkanes of at least 4 members (excludes halogenated alkanes) is 12. The highest BCUT2D eigenvalue weighted by Crippen LogP contribution is 2.22. The van der Waals surface area contributed by atoms with Gasteiger partial charge >= 0.3 is 0 Å². The highest BCUT2D eigenvalue weighted by atomic mass is 16.5. The Labute approximate surface area is 181 Å². The van der Waals surface area contributed by atoms with Gasteiger partial charge in [-0.2, -0.15) is 0 Å². The Bertz CT molecular complexity index is 292. The number of hydrogen-bond acceptors (Lipinski definition) is 4. The topological polar surface area (TPSA) is 69.9 Å². The average Bonchev–Trinajstić information content (AvgIpc) is 2.75. The van der Waals surface area contributed by atoms with Gasteiger partial charge in [-0.05, 0) is 18.8 Å². The van der Waals surface area contributed by atoms with Crippen LogP contribution < -0.4 is 0 Å². The molecule has 0 aromatic heterocycles. The molecule has 4 heteroatoms. The van der Waals surface area contributed by atoms with E-state index in [0.29, 0.717) is 12.5 Å². The first-order valence-electron chi connectivity index (χ1n) is 12.6. The molecule has 0 unspecified atom stereocenters. The Morgan fingerprint density at radius 1 is 0.586 bits per heavy atom. The molecule has 0 fully saturated rings. The summed E-state index contributed by atoms with van der Waals surface area (Å²) in [5.74, 6) is 0.551. The molecule has 0 saturated carbocycles. The van der Waals surface area contributed by atoms with E-state index in [0.717, 1.165) is 0 Å². The summed E-state index contributed by atoms with van der Waals surface area (Å²) in [5, 5.41) is 28.4. The van der Waals surface area contributed by atoms with Crippen molar-refractivity contribution in [2.24, 2.45) is 11.3 Å². The minimum Gasteiger partial charge on any atom is -0.396 e. The summed E-state index contributed by atoms with van der Waals surface area (Å²) in [6, 6.07) is 0. The SMILES string of the molecule is CCCCCCCCCC(CCCCCCCCC)COCC(CO)(CO)CO. The lowest BCUT2D eigenvalue weighted by Crippen LogP contribution is -2.39. The van der Waals surface area contributed by atoms with E-state index in [1.54, 1.807) is 0 Å². The molecule has 0 bridgehead atoms. The smallest absolute Gasteiger partial charge is 0.0629 e. The molecular formula is C25H52O4. The van der Waals surface area contributed by atoms with Gasteiger partial charge in [0.15, 0.2) is 0 Å². The molecule has 0 atom stereocenters. The van der Waals surface area contributed by atoms with Gasteiger partial charge in [0.25, 0.3) is 0 Å². The molecule has 0 amide bonds. The van der Waals surface area contributed by atoms with Crippen molar-refractivity contribution in [3.63, 3.8) is 0 Å². The van der Waals surface area contributed by atoms with Gasteiger partial charge in [0, 0.05) is 6.61 Å². The van der Waals surface area contributed by atoms with Crippen LogP contribution in [0.1, 0.15) is 117 Å². The van der Waals surface area contributed by atoms with Gasteiger partial charge in [0.05, 0.1) is 31.8 Å². The van der Waals surface area contributed by atoms with Crippen LogP contribution in [0.15, 0.2) is 0 Å². The van der Waals surface area contributed by atoms with Crippen molar-refractivity contribution in [1.29, 1.82) is 0 Å². The maximum absolute atomic E-state index is 9.47. The molecule has 4 nitrogen and oxygen atoms in total. The zero-order valence-corrected chi connectivity index (χ0v) is 19.7. The summed E-state index contributed by atoms with van der Waals surface area (Å²) in [4.78, 5) is 0. The van der Waals surface area contributed by atoms with Crippen molar-refractivity contribution in [3.8, 4) is 0 Å². The minimum absolute atomic E-state index is 0.223. The Morgan fingerprint density at radius 2 is 0.966 bits per heavy atom. The summed E-state index contributed by atoms with van der Waals surface area (Å²) >= 11 is 0. The molecule has 0 rings (SSSR count). The van der Waals surface area contributed by atoms with Gasteiger partial charge in [0.1, 0.15) is 0 Å². The summed E-state index contributed by atoms with van der Waals surface area (Å²) < 4.78 is 5.87. The fourth-order valence-electron chi connectivity index (χ4n) is 3.82. The van der Waals surface area contributed by atoms with Gasteiger partial charge < -0.3 is 20.1 Å². The Balaban J connectivity index is 4.15. The second kappa shape index (κ2) is 21.1. The van der Waals surface area contributed by atoms with Crippen LogP contribution in [-0.4, -0.2) is 48.4 Å². The van der Waals surface area contributed by atoms with E-state index in [-0.39, 0.29) is 26.4 Å². The predicted octanol–water partition coefficient (Wildman–Crippen LogP) is 5.86. The molecule has 0 radical (unpaired) electrons. The van der Waals surface area contributed by atoms with Crippen LogP contribution in [0.25, 0.3) is 0 Å². The molecule has 0 aliphatic rings. The van der Waals surface area contributed by atoms with E-state index in [1.165, 1.54) is 103 Å². The molecule has 176 valence electrons. The molecule has 0 aliphatic heterocycles. The first kappa shape index (κ1) is 28.8. The van der Waals surface area contributed by atoms with Crippen molar-refractivity contribution in [2.45, 2.75) is 117 Å². The third kappa shape index (κ3) is 16.2. The maximum Gasteiger partial charge on any atom is 0.0629 e. The largest absolute Gasteiger partial charge is 0.396 e. The zero-order valence-electron chi connectivity index (χ0n) is 19.7. The van der Waals surface area contributed by atoms with Crippen LogP contribution in [0.5, 0.6) is 0 Å². The van der Waals surface area contributed by atoms with Crippen molar-refractivity contribution in [1.82, 2.24) is 0 Å². The lowest BCUT2D eigenvalue weighted by molar-refractivity contribution is -0.0649. The van der Waals surface area contributed by atoms with Gasteiger partial charge in [-0.1, -0.05) is 104 Å². The molecule has 0 aromatic carbocycles. The molecule has 3 N–H and O–H groups in total. The summed E-state index contributed by atoms with van der Waals surface area (Å²) in [6.07, 6.45) is 21.0. The van der Waals surface area contributed by atoms with Gasteiger partial charge in [-0.25, -0.2) is 0 Å². The predicted molar refractivity (Wildman–Crippen MR) is 123 cm³/mol. The third-order valence-corrected chi connectivity index (χ3v) is 6.20. The molecule has 0 aromatic rings. The summed E-state index contributed by atoms with van der Waals surface area (Å²) in [7, 11) is 0. The highest BCUT2D eigenvalue weighted by molar-refractivity contribution is 4.76. The lowest BCUT2D eigenvalue weighted by Gasteiger charge is -2.28. The van der Waals surface area contributed by atoms with Gasteiger partial charge in [-0.15, -0.1) is 0 Å². The molecular weight excluding hydrogens is 364 g/mol. The Kier molecular flexibility index (Phi) is 21.0. The van der Waals surface area contributed by atoms with Crippen molar-refractivity contribution in [2.75, 3.05) is 33.0 Å². The first-order valence-corrected chi connectivity index (χ1v) is 12.6. The number of hydrogen-bond donors (Lipinski definition) is 3. The normalized spacial score (nSPS) is 12.2. The fraction of sp³-hybridized carbons (Fsp3) is 1.00.